The highest BCUT2D eigenvalue weighted by Crippen LogP contribution is 2.23. The average molecular weight is 441 g/mol. The van der Waals surface area contributed by atoms with Crippen molar-refractivity contribution < 1.29 is 13.2 Å². The van der Waals surface area contributed by atoms with Gasteiger partial charge in [-0.1, -0.05) is 48.0 Å². The van der Waals surface area contributed by atoms with Gasteiger partial charge in [0.15, 0.2) is 0 Å². The molecule has 0 saturated heterocycles. The molecule has 0 aliphatic rings. The number of thioether (sulfide) groups is 1. The van der Waals surface area contributed by atoms with Crippen LogP contribution in [-0.2, 0) is 20.6 Å². The van der Waals surface area contributed by atoms with Crippen molar-refractivity contribution in [2.24, 2.45) is 0 Å². The minimum atomic E-state index is -3.71. The standard InChI is InChI=1S/C23H24N2O3S2/c1-18-8-14-22(15-9-18)30(27,28)25(2)16-23(26)24-20-12-10-19(11-13-20)17-29-21-6-4-3-5-7-21/h3-15H,16-17H2,1-2H3,(H,24,26). The fourth-order valence-corrected chi connectivity index (χ4v) is 4.75. The molecule has 0 saturated carbocycles. The van der Waals surface area contributed by atoms with Gasteiger partial charge in [-0.25, -0.2) is 8.42 Å². The van der Waals surface area contributed by atoms with Crippen LogP contribution in [0.2, 0.25) is 0 Å². The van der Waals surface area contributed by atoms with Crippen LogP contribution in [0, 0.1) is 6.92 Å². The molecule has 0 heterocycles. The number of hydrogen-bond acceptors (Lipinski definition) is 4. The molecule has 0 aromatic heterocycles. The van der Waals surface area contributed by atoms with Crippen LogP contribution in [-0.4, -0.2) is 32.2 Å². The molecule has 7 heteroatoms. The number of carbonyl (C=O) groups excluding carboxylic acids is 1. The molecule has 0 fully saturated rings. The number of nitrogens with one attached hydrogen (secondary N) is 1. The van der Waals surface area contributed by atoms with Gasteiger partial charge in [-0.2, -0.15) is 4.31 Å². The van der Waals surface area contributed by atoms with Crippen LogP contribution >= 0.6 is 11.8 Å². The fourth-order valence-electron chi connectivity index (χ4n) is 2.75. The lowest BCUT2D eigenvalue weighted by atomic mass is 10.2. The highest BCUT2D eigenvalue weighted by molar-refractivity contribution is 7.98. The Labute approximate surface area is 182 Å². The molecule has 0 aliphatic carbocycles. The Hall–Kier alpha value is -2.61. The van der Waals surface area contributed by atoms with Crippen molar-refractivity contribution in [1.82, 2.24) is 4.31 Å². The van der Waals surface area contributed by atoms with Crippen LogP contribution in [0.5, 0.6) is 0 Å². The van der Waals surface area contributed by atoms with Crippen molar-refractivity contribution in [3.05, 3.63) is 90.0 Å². The van der Waals surface area contributed by atoms with E-state index in [1.807, 2.05) is 49.4 Å². The lowest BCUT2D eigenvalue weighted by Crippen LogP contribution is -2.34. The summed E-state index contributed by atoms with van der Waals surface area (Å²) in [5, 5.41) is 2.75. The first kappa shape index (κ1) is 22.1. The summed E-state index contributed by atoms with van der Waals surface area (Å²) in [6, 6.07) is 24.3. The SMILES string of the molecule is Cc1ccc(S(=O)(=O)N(C)CC(=O)Nc2ccc(CSc3ccccc3)cc2)cc1. The number of amides is 1. The molecule has 3 rings (SSSR count). The first-order chi connectivity index (χ1) is 14.3. The third-order valence-electron chi connectivity index (χ3n) is 4.48. The average Bonchev–Trinajstić information content (AvgIpc) is 2.74. The number of carbonyl (C=O) groups is 1. The van der Waals surface area contributed by atoms with Gasteiger partial charge in [-0.3, -0.25) is 4.79 Å². The Morgan fingerprint density at radius 3 is 2.20 bits per heavy atom. The predicted octanol–water partition coefficient (Wildman–Crippen LogP) is 4.55. The summed E-state index contributed by atoms with van der Waals surface area (Å²) in [4.78, 5) is 13.7. The van der Waals surface area contributed by atoms with Crippen LogP contribution in [0.3, 0.4) is 0 Å². The summed E-state index contributed by atoms with van der Waals surface area (Å²) in [5.74, 6) is 0.440. The quantitative estimate of drug-likeness (QED) is 0.522. The zero-order valence-electron chi connectivity index (χ0n) is 16.9. The third-order valence-corrected chi connectivity index (χ3v) is 7.38. The smallest absolute Gasteiger partial charge is 0.243 e. The van der Waals surface area contributed by atoms with E-state index in [0.29, 0.717) is 5.69 Å². The monoisotopic (exact) mass is 440 g/mol. The summed E-state index contributed by atoms with van der Waals surface area (Å²) in [5.41, 5.74) is 2.75. The molecule has 156 valence electrons. The second kappa shape index (κ2) is 9.93. The number of sulfonamides is 1. The summed E-state index contributed by atoms with van der Waals surface area (Å²) >= 11 is 1.74. The number of anilines is 1. The van der Waals surface area contributed by atoms with Crippen molar-refractivity contribution in [2.45, 2.75) is 22.5 Å². The number of hydrogen-bond donors (Lipinski definition) is 1. The van der Waals surface area contributed by atoms with Crippen molar-refractivity contribution >= 4 is 33.4 Å². The summed E-state index contributed by atoms with van der Waals surface area (Å²) in [7, 11) is -2.31. The lowest BCUT2D eigenvalue weighted by Gasteiger charge is -2.17. The van der Waals surface area contributed by atoms with Gasteiger partial charge in [0.1, 0.15) is 0 Å². The molecule has 0 atom stereocenters. The van der Waals surface area contributed by atoms with Gasteiger partial charge >= 0.3 is 0 Å². The molecular formula is C23H24N2O3S2. The molecule has 3 aromatic rings. The second-order valence-corrected chi connectivity index (χ2v) is 10.0. The van der Waals surface area contributed by atoms with E-state index in [1.165, 1.54) is 11.9 Å². The van der Waals surface area contributed by atoms with Gasteiger partial charge in [-0.05, 0) is 48.9 Å². The topological polar surface area (TPSA) is 66.5 Å². The van der Waals surface area contributed by atoms with Gasteiger partial charge in [0.25, 0.3) is 0 Å². The van der Waals surface area contributed by atoms with E-state index in [9.17, 15) is 13.2 Å². The van der Waals surface area contributed by atoms with Crippen LogP contribution < -0.4 is 5.32 Å². The minimum Gasteiger partial charge on any atom is -0.325 e. The van der Waals surface area contributed by atoms with Crippen LogP contribution in [0.15, 0.2) is 88.7 Å². The molecule has 1 amide bonds. The van der Waals surface area contributed by atoms with Gasteiger partial charge in [0.05, 0.1) is 11.4 Å². The van der Waals surface area contributed by atoms with Gasteiger partial charge in [0, 0.05) is 23.4 Å². The highest BCUT2D eigenvalue weighted by atomic mass is 32.2. The molecule has 0 bridgehead atoms. The molecule has 30 heavy (non-hydrogen) atoms. The number of nitrogens with zero attached hydrogens (tertiary/aromatic N) is 1. The molecular weight excluding hydrogens is 416 g/mol. The number of benzene rings is 3. The maximum atomic E-state index is 12.6. The maximum absolute atomic E-state index is 12.6. The van der Waals surface area contributed by atoms with E-state index >= 15 is 0 Å². The zero-order valence-corrected chi connectivity index (χ0v) is 18.5. The van der Waals surface area contributed by atoms with Gasteiger partial charge in [0.2, 0.25) is 15.9 Å². The second-order valence-electron chi connectivity index (χ2n) is 6.92. The normalized spacial score (nSPS) is 11.4. The van der Waals surface area contributed by atoms with E-state index in [4.69, 9.17) is 0 Å². The van der Waals surface area contributed by atoms with Crippen LogP contribution in [0.25, 0.3) is 0 Å². The zero-order chi connectivity index (χ0) is 21.6. The summed E-state index contributed by atoms with van der Waals surface area (Å²) in [6.07, 6.45) is 0. The highest BCUT2D eigenvalue weighted by Gasteiger charge is 2.22. The Kier molecular flexibility index (Phi) is 7.31. The van der Waals surface area contributed by atoms with Crippen molar-refractivity contribution in [2.75, 3.05) is 18.9 Å². The Morgan fingerprint density at radius 2 is 1.57 bits per heavy atom. The number of rotatable bonds is 8. The van der Waals surface area contributed by atoms with E-state index in [-0.39, 0.29) is 17.3 Å². The predicted molar refractivity (Wildman–Crippen MR) is 122 cm³/mol. The lowest BCUT2D eigenvalue weighted by molar-refractivity contribution is -0.116. The van der Waals surface area contributed by atoms with E-state index in [0.717, 1.165) is 21.2 Å². The number of likely N-dealkylation sites (N-methyl/N-ethyl adjacent to an activating group) is 1. The fraction of sp³-hybridized carbons (Fsp3) is 0.174. The first-order valence-corrected chi connectivity index (χ1v) is 11.9. The van der Waals surface area contributed by atoms with Crippen molar-refractivity contribution in [1.29, 1.82) is 0 Å². The van der Waals surface area contributed by atoms with Crippen molar-refractivity contribution in [3.63, 3.8) is 0 Å². The van der Waals surface area contributed by atoms with E-state index in [2.05, 4.69) is 17.4 Å². The molecule has 0 unspecified atom stereocenters. The molecule has 0 aliphatic heterocycles. The van der Waals surface area contributed by atoms with Gasteiger partial charge in [-0.15, -0.1) is 11.8 Å². The molecule has 0 radical (unpaired) electrons. The van der Waals surface area contributed by atoms with E-state index in [1.54, 1.807) is 36.0 Å². The molecule has 1 N–H and O–H groups in total. The molecule has 3 aromatic carbocycles. The summed E-state index contributed by atoms with van der Waals surface area (Å²) in [6.45, 7) is 1.63. The molecule has 0 spiro atoms. The van der Waals surface area contributed by atoms with Crippen molar-refractivity contribution in [3.8, 4) is 0 Å². The largest absolute Gasteiger partial charge is 0.325 e. The Balaban J connectivity index is 1.54. The Bertz CT molecular complexity index is 1080. The van der Waals surface area contributed by atoms with Gasteiger partial charge < -0.3 is 5.32 Å². The van der Waals surface area contributed by atoms with Crippen LogP contribution in [0.4, 0.5) is 5.69 Å². The van der Waals surface area contributed by atoms with E-state index < -0.39 is 10.0 Å². The molecule has 5 nitrogen and oxygen atoms in total. The third kappa shape index (κ3) is 5.95. The maximum Gasteiger partial charge on any atom is 0.243 e. The Morgan fingerprint density at radius 1 is 0.933 bits per heavy atom. The van der Waals surface area contributed by atoms with Crippen LogP contribution in [0.1, 0.15) is 11.1 Å². The first-order valence-electron chi connectivity index (χ1n) is 9.44. The minimum absolute atomic E-state index is 0.170. The number of aryl methyl sites for hydroxylation is 1. The summed E-state index contributed by atoms with van der Waals surface area (Å²) < 4.78 is 26.3.